The number of pyridine rings is 1. The van der Waals surface area contributed by atoms with Crippen molar-refractivity contribution < 1.29 is 9.59 Å². The molecule has 0 saturated heterocycles. The van der Waals surface area contributed by atoms with Gasteiger partial charge in [0.05, 0.1) is 5.69 Å². The highest BCUT2D eigenvalue weighted by molar-refractivity contribution is 14.1. The molecule has 0 saturated carbocycles. The Labute approximate surface area is 216 Å². The highest BCUT2D eigenvalue weighted by Crippen LogP contribution is 2.30. The first-order valence-electron chi connectivity index (χ1n) is 10.7. The summed E-state index contributed by atoms with van der Waals surface area (Å²) >= 11 is 3.89. The summed E-state index contributed by atoms with van der Waals surface area (Å²) in [6, 6.07) is 23.0. The van der Waals surface area contributed by atoms with Gasteiger partial charge >= 0.3 is 0 Å². The standard InChI is InChI=1S/C27H22IN3O2S/c28-23-12-11-21(25-5-3-17-34-25)18-24(23)31-27(33)20-9-6-19(7-10-20)8-13-26(32)30-16-14-22-4-1-2-15-29-22/h1-13,15,17-18H,14,16H2,(H,30,32)(H,31,33)/b13-8+. The quantitative estimate of drug-likeness (QED) is 0.198. The Hall–Kier alpha value is -3.30. The SMILES string of the molecule is O=C(/C=C/c1ccc(C(=O)Nc2cc(-c3cccs3)ccc2I)cc1)NCCc1ccccn1. The zero-order valence-electron chi connectivity index (χ0n) is 18.2. The van der Waals surface area contributed by atoms with E-state index >= 15 is 0 Å². The molecular formula is C27H22IN3O2S. The number of halogens is 1. The summed E-state index contributed by atoms with van der Waals surface area (Å²) in [7, 11) is 0. The minimum atomic E-state index is -0.177. The molecule has 5 nitrogen and oxygen atoms in total. The molecule has 0 spiro atoms. The van der Waals surface area contributed by atoms with Crippen molar-refractivity contribution in [2.75, 3.05) is 11.9 Å². The summed E-state index contributed by atoms with van der Waals surface area (Å²) in [6.45, 7) is 0.520. The Morgan fingerprint density at radius 1 is 1.00 bits per heavy atom. The van der Waals surface area contributed by atoms with Gasteiger partial charge in [-0.15, -0.1) is 11.3 Å². The zero-order chi connectivity index (χ0) is 23.8. The first-order chi connectivity index (χ1) is 16.6. The number of thiophene rings is 1. The number of nitrogens with one attached hydrogen (secondary N) is 2. The van der Waals surface area contributed by atoms with E-state index in [0.717, 1.165) is 31.0 Å². The maximum absolute atomic E-state index is 12.8. The first kappa shape index (κ1) is 23.8. The van der Waals surface area contributed by atoms with Crippen molar-refractivity contribution in [3.05, 3.63) is 111 Å². The van der Waals surface area contributed by atoms with Crippen LogP contribution in [-0.4, -0.2) is 23.3 Å². The molecule has 0 unspecified atom stereocenters. The van der Waals surface area contributed by atoms with Crippen molar-refractivity contribution in [3.8, 4) is 10.4 Å². The predicted molar refractivity (Wildman–Crippen MR) is 147 cm³/mol. The number of nitrogens with zero attached hydrogens (tertiary/aromatic N) is 1. The molecule has 2 heterocycles. The third-order valence-corrected chi connectivity index (χ3v) is 6.89. The molecular weight excluding hydrogens is 557 g/mol. The van der Waals surface area contributed by atoms with Crippen LogP contribution in [0.5, 0.6) is 0 Å². The highest BCUT2D eigenvalue weighted by atomic mass is 127. The molecule has 0 atom stereocenters. The molecule has 2 N–H and O–H groups in total. The van der Waals surface area contributed by atoms with Crippen LogP contribution in [0.3, 0.4) is 0 Å². The van der Waals surface area contributed by atoms with Gasteiger partial charge in [0.25, 0.3) is 5.91 Å². The van der Waals surface area contributed by atoms with Crippen LogP contribution in [0.1, 0.15) is 21.6 Å². The Bertz CT molecular complexity index is 1290. The van der Waals surface area contributed by atoms with Crippen LogP contribution in [-0.2, 0) is 11.2 Å². The third kappa shape index (κ3) is 6.61. The topological polar surface area (TPSA) is 71.1 Å². The molecule has 34 heavy (non-hydrogen) atoms. The maximum Gasteiger partial charge on any atom is 0.255 e. The molecule has 0 bridgehead atoms. The van der Waals surface area contributed by atoms with Gasteiger partial charge in [0, 0.05) is 44.9 Å². The lowest BCUT2D eigenvalue weighted by Gasteiger charge is -2.10. The molecule has 4 rings (SSSR count). The lowest BCUT2D eigenvalue weighted by atomic mass is 10.1. The van der Waals surface area contributed by atoms with Gasteiger partial charge in [-0.2, -0.15) is 0 Å². The fourth-order valence-electron chi connectivity index (χ4n) is 3.25. The summed E-state index contributed by atoms with van der Waals surface area (Å²) in [6.07, 6.45) is 5.64. The summed E-state index contributed by atoms with van der Waals surface area (Å²) in [4.78, 5) is 30.2. The van der Waals surface area contributed by atoms with Crippen LogP contribution in [0, 0.1) is 3.57 Å². The number of hydrogen-bond acceptors (Lipinski definition) is 4. The summed E-state index contributed by atoms with van der Waals surface area (Å²) < 4.78 is 0.972. The minimum absolute atomic E-state index is 0.169. The van der Waals surface area contributed by atoms with Crippen molar-refractivity contribution in [2.45, 2.75) is 6.42 Å². The average Bonchev–Trinajstić information content (AvgIpc) is 3.40. The molecule has 7 heteroatoms. The van der Waals surface area contributed by atoms with E-state index in [0.29, 0.717) is 18.5 Å². The molecule has 0 aliphatic carbocycles. The van der Waals surface area contributed by atoms with Gasteiger partial charge < -0.3 is 10.6 Å². The normalized spacial score (nSPS) is 10.9. The lowest BCUT2D eigenvalue weighted by Crippen LogP contribution is -2.23. The van der Waals surface area contributed by atoms with Gasteiger partial charge in [0.2, 0.25) is 5.91 Å². The Balaban J connectivity index is 1.32. The molecule has 4 aromatic rings. The number of anilines is 1. The molecule has 0 aliphatic heterocycles. The third-order valence-electron chi connectivity index (χ3n) is 5.03. The fourth-order valence-corrected chi connectivity index (χ4v) is 4.44. The Morgan fingerprint density at radius 3 is 2.59 bits per heavy atom. The van der Waals surface area contributed by atoms with Crippen molar-refractivity contribution >= 4 is 57.5 Å². The lowest BCUT2D eigenvalue weighted by molar-refractivity contribution is -0.116. The van der Waals surface area contributed by atoms with Crippen molar-refractivity contribution in [3.63, 3.8) is 0 Å². The smallest absolute Gasteiger partial charge is 0.255 e. The van der Waals surface area contributed by atoms with Crippen molar-refractivity contribution in [2.24, 2.45) is 0 Å². The second-order valence-corrected chi connectivity index (χ2v) is 9.55. The second kappa shape index (κ2) is 11.7. The van der Waals surface area contributed by atoms with Gasteiger partial charge in [-0.1, -0.05) is 30.3 Å². The molecule has 0 fully saturated rings. The average molecular weight is 579 g/mol. The number of amides is 2. The van der Waals surface area contributed by atoms with Gasteiger partial charge in [-0.05, 0) is 87.6 Å². The molecule has 2 aromatic heterocycles. The van der Waals surface area contributed by atoms with E-state index in [9.17, 15) is 9.59 Å². The maximum atomic E-state index is 12.8. The summed E-state index contributed by atoms with van der Waals surface area (Å²) in [5.74, 6) is -0.345. The monoisotopic (exact) mass is 579 g/mol. The van der Waals surface area contributed by atoms with Crippen molar-refractivity contribution in [1.82, 2.24) is 10.3 Å². The number of carbonyl (C=O) groups excluding carboxylic acids is 2. The van der Waals surface area contributed by atoms with E-state index in [-0.39, 0.29) is 11.8 Å². The molecule has 2 amide bonds. The van der Waals surface area contributed by atoms with Crippen LogP contribution >= 0.6 is 33.9 Å². The van der Waals surface area contributed by atoms with E-state index in [1.54, 1.807) is 35.7 Å². The predicted octanol–water partition coefficient (Wildman–Crippen LogP) is 6.04. The van der Waals surface area contributed by atoms with Crippen LogP contribution < -0.4 is 10.6 Å². The Kier molecular flexibility index (Phi) is 8.21. The molecule has 2 aromatic carbocycles. The number of aromatic nitrogens is 1. The van der Waals surface area contributed by atoms with Gasteiger partial charge in [-0.3, -0.25) is 14.6 Å². The second-order valence-electron chi connectivity index (χ2n) is 7.44. The summed E-state index contributed by atoms with van der Waals surface area (Å²) in [5, 5.41) is 7.89. The fraction of sp³-hybridized carbons (Fsp3) is 0.0741. The zero-order valence-corrected chi connectivity index (χ0v) is 21.2. The first-order valence-corrected chi connectivity index (χ1v) is 12.6. The van der Waals surface area contributed by atoms with Gasteiger partial charge in [-0.25, -0.2) is 0 Å². The molecule has 0 aliphatic rings. The van der Waals surface area contributed by atoms with E-state index in [4.69, 9.17) is 0 Å². The summed E-state index contributed by atoms with van der Waals surface area (Å²) in [5.41, 5.74) is 4.18. The highest BCUT2D eigenvalue weighted by Gasteiger charge is 2.10. The van der Waals surface area contributed by atoms with E-state index < -0.39 is 0 Å². The number of rotatable bonds is 8. The van der Waals surface area contributed by atoms with E-state index in [1.807, 2.05) is 53.9 Å². The molecule has 0 radical (unpaired) electrons. The molecule has 170 valence electrons. The minimum Gasteiger partial charge on any atom is -0.352 e. The van der Waals surface area contributed by atoms with E-state index in [2.05, 4.69) is 50.3 Å². The van der Waals surface area contributed by atoms with Crippen LogP contribution in [0.4, 0.5) is 5.69 Å². The largest absolute Gasteiger partial charge is 0.352 e. The number of benzene rings is 2. The van der Waals surface area contributed by atoms with Crippen LogP contribution in [0.2, 0.25) is 0 Å². The van der Waals surface area contributed by atoms with Crippen molar-refractivity contribution in [1.29, 1.82) is 0 Å². The van der Waals surface area contributed by atoms with E-state index in [1.165, 1.54) is 6.08 Å². The van der Waals surface area contributed by atoms with Crippen LogP contribution in [0.15, 0.2) is 90.4 Å². The van der Waals surface area contributed by atoms with Gasteiger partial charge in [0.1, 0.15) is 0 Å². The van der Waals surface area contributed by atoms with Crippen LogP contribution in [0.25, 0.3) is 16.5 Å². The van der Waals surface area contributed by atoms with Gasteiger partial charge in [0.15, 0.2) is 0 Å². The Morgan fingerprint density at radius 2 is 1.85 bits per heavy atom. The number of carbonyl (C=O) groups is 2. The number of hydrogen-bond donors (Lipinski definition) is 2.